The summed E-state index contributed by atoms with van der Waals surface area (Å²) in [5.41, 5.74) is 2.42. The molecule has 4 aromatic rings. The van der Waals surface area contributed by atoms with Crippen LogP contribution in [0.3, 0.4) is 0 Å². The molecule has 6 nitrogen and oxygen atoms in total. The van der Waals surface area contributed by atoms with Gasteiger partial charge >= 0.3 is 5.97 Å². The van der Waals surface area contributed by atoms with Crippen LogP contribution >= 0.6 is 0 Å². The third-order valence-electron chi connectivity index (χ3n) is 5.68. The second kappa shape index (κ2) is 7.09. The number of rotatable bonds is 3. The summed E-state index contributed by atoms with van der Waals surface area (Å²) in [7, 11) is 0. The Balaban J connectivity index is 1.74. The molecule has 2 aromatic heterocycles. The number of anilines is 1. The van der Waals surface area contributed by atoms with Gasteiger partial charge in [-0.15, -0.1) is 0 Å². The van der Waals surface area contributed by atoms with Crippen LogP contribution in [-0.2, 0) is 0 Å². The molecule has 3 heterocycles. The van der Waals surface area contributed by atoms with Crippen molar-refractivity contribution in [2.75, 3.05) is 11.4 Å². The van der Waals surface area contributed by atoms with Crippen molar-refractivity contribution in [3.63, 3.8) is 0 Å². The lowest BCUT2D eigenvalue weighted by Crippen LogP contribution is -2.38. The Kier molecular flexibility index (Phi) is 4.38. The summed E-state index contributed by atoms with van der Waals surface area (Å²) in [5, 5.41) is 9.99. The Labute approximate surface area is 172 Å². The number of furan rings is 1. The minimum atomic E-state index is -1.00. The van der Waals surface area contributed by atoms with E-state index in [1.165, 1.54) is 18.2 Å². The minimum absolute atomic E-state index is 0.168. The van der Waals surface area contributed by atoms with Crippen LogP contribution in [0.5, 0.6) is 0 Å². The van der Waals surface area contributed by atoms with Gasteiger partial charge in [-0.05, 0) is 68.7 Å². The molecule has 1 fully saturated rings. The second-order valence-electron chi connectivity index (χ2n) is 7.74. The molecule has 0 bridgehead atoms. The van der Waals surface area contributed by atoms with Gasteiger partial charge in [-0.1, -0.05) is 0 Å². The molecule has 0 radical (unpaired) electrons. The zero-order chi connectivity index (χ0) is 20.8. The van der Waals surface area contributed by atoms with E-state index in [-0.39, 0.29) is 17.4 Å². The third kappa shape index (κ3) is 3.16. The molecule has 5 rings (SSSR count). The largest absolute Gasteiger partial charge is 0.478 e. The van der Waals surface area contributed by atoms with Crippen molar-refractivity contribution in [3.8, 4) is 11.5 Å². The van der Waals surface area contributed by atoms with E-state index in [0.29, 0.717) is 39.3 Å². The lowest BCUT2D eigenvalue weighted by molar-refractivity contribution is 0.0697. The zero-order valence-electron chi connectivity index (χ0n) is 16.4. The first-order chi connectivity index (χ1) is 14.5. The predicted molar refractivity (Wildman–Crippen MR) is 112 cm³/mol. The van der Waals surface area contributed by atoms with Crippen LogP contribution in [0.15, 0.2) is 46.9 Å². The number of aromatic carboxylic acids is 1. The van der Waals surface area contributed by atoms with Crippen molar-refractivity contribution >= 4 is 33.8 Å². The average Bonchev–Trinajstić information content (AvgIpc) is 3.15. The highest BCUT2D eigenvalue weighted by Gasteiger charge is 2.26. The number of hydrogen-bond donors (Lipinski definition) is 1. The van der Waals surface area contributed by atoms with Gasteiger partial charge in [-0.2, -0.15) is 0 Å². The van der Waals surface area contributed by atoms with Crippen LogP contribution in [0.2, 0.25) is 0 Å². The summed E-state index contributed by atoms with van der Waals surface area (Å²) in [5.74, 6) is -0.155. The highest BCUT2D eigenvalue weighted by atomic mass is 19.1. The molecule has 152 valence electrons. The van der Waals surface area contributed by atoms with Crippen LogP contribution in [0.25, 0.3) is 33.5 Å². The molecule has 1 saturated heterocycles. The molecule has 7 heteroatoms. The molecule has 0 amide bonds. The van der Waals surface area contributed by atoms with Crippen molar-refractivity contribution < 1.29 is 18.7 Å². The fourth-order valence-corrected chi connectivity index (χ4v) is 4.09. The Morgan fingerprint density at radius 1 is 1.13 bits per heavy atom. The van der Waals surface area contributed by atoms with Crippen LogP contribution in [0, 0.1) is 5.82 Å². The number of nitrogens with zero attached hydrogens (tertiary/aromatic N) is 3. The zero-order valence-corrected chi connectivity index (χ0v) is 16.4. The van der Waals surface area contributed by atoms with Crippen LogP contribution < -0.4 is 4.90 Å². The van der Waals surface area contributed by atoms with Crippen molar-refractivity contribution in [1.82, 2.24) is 9.97 Å². The van der Waals surface area contributed by atoms with E-state index >= 15 is 0 Å². The molecular formula is C23H20FN3O3. The summed E-state index contributed by atoms with van der Waals surface area (Å²) >= 11 is 0. The smallest absolute Gasteiger partial charge is 0.335 e. The van der Waals surface area contributed by atoms with E-state index < -0.39 is 5.97 Å². The minimum Gasteiger partial charge on any atom is -0.478 e. The molecule has 1 aliphatic heterocycles. The van der Waals surface area contributed by atoms with Gasteiger partial charge in [-0.3, -0.25) is 0 Å². The van der Waals surface area contributed by atoms with Crippen molar-refractivity contribution in [2.45, 2.75) is 32.2 Å². The van der Waals surface area contributed by atoms with E-state index in [1.54, 1.807) is 24.3 Å². The molecule has 1 unspecified atom stereocenters. The first kappa shape index (κ1) is 18.5. The van der Waals surface area contributed by atoms with Gasteiger partial charge in [0.1, 0.15) is 17.1 Å². The number of aromatic nitrogens is 2. The SMILES string of the molecule is CC1CCCCN1c1nc2cc(C(=O)O)ccc2nc1-c1cc2cc(F)ccc2o1. The molecule has 1 N–H and O–H groups in total. The topological polar surface area (TPSA) is 79.5 Å². The normalized spacial score (nSPS) is 17.0. The van der Waals surface area contributed by atoms with E-state index in [0.717, 1.165) is 25.8 Å². The van der Waals surface area contributed by atoms with Crippen molar-refractivity contribution in [2.24, 2.45) is 0 Å². The molecule has 30 heavy (non-hydrogen) atoms. The van der Waals surface area contributed by atoms with Gasteiger partial charge < -0.3 is 14.4 Å². The summed E-state index contributed by atoms with van der Waals surface area (Å²) in [6, 6.07) is 11.2. The highest BCUT2D eigenvalue weighted by molar-refractivity contribution is 5.94. The molecule has 2 aromatic carbocycles. The quantitative estimate of drug-likeness (QED) is 0.501. The van der Waals surface area contributed by atoms with Gasteiger partial charge in [0, 0.05) is 18.0 Å². The Hall–Kier alpha value is -3.48. The molecule has 0 aliphatic carbocycles. The van der Waals surface area contributed by atoms with E-state index in [1.807, 2.05) is 0 Å². The van der Waals surface area contributed by atoms with Crippen LogP contribution in [0.4, 0.5) is 10.2 Å². The van der Waals surface area contributed by atoms with Crippen molar-refractivity contribution in [1.29, 1.82) is 0 Å². The van der Waals surface area contributed by atoms with Crippen LogP contribution in [0.1, 0.15) is 36.5 Å². The molecule has 1 atom stereocenters. The van der Waals surface area contributed by atoms with E-state index in [4.69, 9.17) is 14.4 Å². The van der Waals surface area contributed by atoms with Gasteiger partial charge in [0.15, 0.2) is 11.6 Å². The second-order valence-corrected chi connectivity index (χ2v) is 7.74. The first-order valence-corrected chi connectivity index (χ1v) is 10.0. The Morgan fingerprint density at radius 3 is 2.80 bits per heavy atom. The van der Waals surface area contributed by atoms with Crippen LogP contribution in [-0.4, -0.2) is 33.6 Å². The first-order valence-electron chi connectivity index (χ1n) is 10.0. The van der Waals surface area contributed by atoms with Crippen molar-refractivity contribution in [3.05, 3.63) is 53.8 Å². The fourth-order valence-electron chi connectivity index (χ4n) is 4.09. The number of hydrogen-bond acceptors (Lipinski definition) is 5. The summed E-state index contributed by atoms with van der Waals surface area (Å²) in [4.78, 5) is 23.2. The lowest BCUT2D eigenvalue weighted by atomic mass is 10.0. The number of carbonyl (C=O) groups is 1. The molecular weight excluding hydrogens is 385 g/mol. The van der Waals surface area contributed by atoms with Gasteiger partial charge in [0.2, 0.25) is 0 Å². The van der Waals surface area contributed by atoms with E-state index in [9.17, 15) is 14.3 Å². The standard InChI is InChI=1S/C23H20FN3O3/c1-13-4-2-3-9-27(13)22-21(20-12-15-10-16(24)6-8-19(15)30-20)25-17-7-5-14(23(28)29)11-18(17)26-22/h5-8,10-13H,2-4,9H2,1H3,(H,28,29). The summed E-state index contributed by atoms with van der Waals surface area (Å²) in [6.45, 7) is 2.98. The molecule has 1 aliphatic rings. The lowest BCUT2D eigenvalue weighted by Gasteiger charge is -2.35. The number of halogens is 1. The van der Waals surface area contributed by atoms with Gasteiger partial charge in [-0.25, -0.2) is 19.2 Å². The maximum atomic E-state index is 13.7. The summed E-state index contributed by atoms with van der Waals surface area (Å²) < 4.78 is 19.7. The predicted octanol–water partition coefficient (Wildman–Crippen LogP) is 5.26. The average molecular weight is 405 g/mol. The maximum absolute atomic E-state index is 13.7. The number of fused-ring (bicyclic) bond motifs is 2. The monoisotopic (exact) mass is 405 g/mol. The number of piperidine rings is 1. The molecule has 0 saturated carbocycles. The number of benzene rings is 2. The highest BCUT2D eigenvalue weighted by Crippen LogP contribution is 2.36. The van der Waals surface area contributed by atoms with Gasteiger partial charge in [0.05, 0.1) is 16.6 Å². The number of carboxylic acids is 1. The third-order valence-corrected chi connectivity index (χ3v) is 5.68. The number of carboxylic acid groups (broad SMARTS) is 1. The van der Waals surface area contributed by atoms with Gasteiger partial charge in [0.25, 0.3) is 0 Å². The Morgan fingerprint density at radius 2 is 2.00 bits per heavy atom. The maximum Gasteiger partial charge on any atom is 0.335 e. The Bertz CT molecular complexity index is 1280. The summed E-state index contributed by atoms with van der Waals surface area (Å²) in [6.07, 6.45) is 3.24. The van der Waals surface area contributed by atoms with E-state index in [2.05, 4.69) is 11.8 Å². The molecule has 0 spiro atoms. The fraction of sp³-hybridized carbons (Fsp3) is 0.261.